The summed E-state index contributed by atoms with van der Waals surface area (Å²) in [5, 5.41) is 28.0. The fourth-order valence-electron chi connectivity index (χ4n) is 3.58. The molecular weight excluding hydrogens is 356 g/mol. The zero-order valence-electron chi connectivity index (χ0n) is 16.0. The molecule has 7 nitrogen and oxygen atoms in total. The summed E-state index contributed by atoms with van der Waals surface area (Å²) in [4.78, 5) is 12.7. The topological polar surface area (TPSA) is 96.1 Å². The van der Waals surface area contributed by atoms with E-state index in [4.69, 9.17) is 0 Å². The van der Waals surface area contributed by atoms with Crippen molar-refractivity contribution in [3.63, 3.8) is 0 Å². The molecule has 7 heteroatoms. The zero-order chi connectivity index (χ0) is 20.0. The number of nitrogens with zero attached hydrogens (tertiary/aromatic N) is 3. The molecule has 0 saturated heterocycles. The van der Waals surface area contributed by atoms with Crippen LogP contribution < -0.4 is 5.69 Å². The van der Waals surface area contributed by atoms with Gasteiger partial charge in [0.2, 0.25) is 0 Å². The number of fused-ring (bicyclic) bond motifs is 1. The number of aromatic hydroxyl groups is 2. The van der Waals surface area contributed by atoms with Crippen LogP contribution in [0.2, 0.25) is 0 Å². The minimum absolute atomic E-state index is 0.0181. The van der Waals surface area contributed by atoms with Crippen molar-refractivity contribution in [3.05, 3.63) is 58.6 Å². The fourth-order valence-corrected chi connectivity index (χ4v) is 3.58. The third-order valence-electron chi connectivity index (χ3n) is 5.01. The van der Waals surface area contributed by atoms with E-state index < -0.39 is 5.69 Å². The number of aryl methyl sites for hydroxylation is 1. The van der Waals surface area contributed by atoms with Gasteiger partial charge in [-0.25, -0.2) is 14.5 Å². The van der Waals surface area contributed by atoms with Gasteiger partial charge in [0.25, 0.3) is 0 Å². The molecule has 4 rings (SSSR count). The van der Waals surface area contributed by atoms with E-state index in [9.17, 15) is 15.0 Å². The Morgan fingerprint density at radius 3 is 2.61 bits per heavy atom. The van der Waals surface area contributed by atoms with Crippen molar-refractivity contribution in [3.8, 4) is 28.6 Å². The van der Waals surface area contributed by atoms with Crippen molar-refractivity contribution >= 4 is 10.9 Å². The average Bonchev–Trinajstić information content (AvgIpc) is 3.22. The maximum Gasteiger partial charge on any atom is 0.348 e. The Bertz CT molecular complexity index is 1230. The second-order valence-electron chi connectivity index (χ2n) is 7.07. The Kier molecular flexibility index (Phi) is 4.22. The number of H-pyrrole nitrogens is 1. The largest absolute Gasteiger partial charge is 0.508 e. The van der Waals surface area contributed by atoms with Gasteiger partial charge in [0, 0.05) is 23.7 Å². The number of para-hydroxylation sites is 1. The van der Waals surface area contributed by atoms with Crippen LogP contribution in [0.5, 0.6) is 11.5 Å². The summed E-state index contributed by atoms with van der Waals surface area (Å²) < 4.78 is 3.56. The quantitative estimate of drug-likeness (QED) is 0.504. The van der Waals surface area contributed by atoms with E-state index in [1.165, 1.54) is 10.6 Å². The molecule has 0 fully saturated rings. The van der Waals surface area contributed by atoms with Crippen molar-refractivity contribution < 1.29 is 10.2 Å². The summed E-state index contributed by atoms with van der Waals surface area (Å²) in [7, 11) is 0. The first-order valence-electron chi connectivity index (χ1n) is 9.25. The summed E-state index contributed by atoms with van der Waals surface area (Å²) in [6.07, 6.45) is 2.51. The van der Waals surface area contributed by atoms with Crippen LogP contribution in [0.1, 0.15) is 32.4 Å². The lowest BCUT2D eigenvalue weighted by Gasteiger charge is -2.10. The van der Waals surface area contributed by atoms with E-state index in [0.717, 1.165) is 10.9 Å². The van der Waals surface area contributed by atoms with Crippen LogP contribution in [0, 0.1) is 0 Å². The van der Waals surface area contributed by atoms with Crippen LogP contribution in [0.3, 0.4) is 0 Å². The monoisotopic (exact) mass is 378 g/mol. The van der Waals surface area contributed by atoms with Gasteiger partial charge in [-0.05, 0) is 38.0 Å². The van der Waals surface area contributed by atoms with Gasteiger partial charge in [0.15, 0.2) is 5.82 Å². The van der Waals surface area contributed by atoms with Gasteiger partial charge in [0.1, 0.15) is 11.5 Å². The summed E-state index contributed by atoms with van der Waals surface area (Å²) in [5.41, 5.74) is 2.35. The Hall–Kier alpha value is -3.48. The lowest BCUT2D eigenvalue weighted by molar-refractivity contribution is 0.447. The van der Waals surface area contributed by atoms with Gasteiger partial charge < -0.3 is 14.8 Å². The third-order valence-corrected chi connectivity index (χ3v) is 5.01. The van der Waals surface area contributed by atoms with Gasteiger partial charge in [-0.2, -0.15) is 5.10 Å². The number of phenols is 2. The predicted molar refractivity (Wildman–Crippen MR) is 108 cm³/mol. The van der Waals surface area contributed by atoms with Crippen LogP contribution >= 0.6 is 0 Å². The number of hydrogen-bond donors (Lipinski definition) is 3. The van der Waals surface area contributed by atoms with E-state index in [1.54, 1.807) is 6.07 Å². The number of nitrogens with one attached hydrogen (secondary N) is 1. The normalized spacial score (nSPS) is 11.6. The lowest BCUT2D eigenvalue weighted by Crippen LogP contribution is -2.15. The molecule has 0 aliphatic rings. The predicted octanol–water partition coefficient (Wildman–Crippen LogP) is 3.74. The van der Waals surface area contributed by atoms with E-state index >= 15 is 0 Å². The Morgan fingerprint density at radius 2 is 1.89 bits per heavy atom. The van der Waals surface area contributed by atoms with E-state index in [1.807, 2.05) is 37.4 Å². The molecule has 0 radical (unpaired) electrons. The zero-order valence-corrected chi connectivity index (χ0v) is 16.0. The van der Waals surface area contributed by atoms with E-state index in [0.29, 0.717) is 29.1 Å². The first kappa shape index (κ1) is 17.9. The minimum atomic E-state index is -0.396. The van der Waals surface area contributed by atoms with Crippen LogP contribution in [0.25, 0.3) is 28.0 Å². The smallest absolute Gasteiger partial charge is 0.348 e. The molecule has 2 aromatic heterocycles. The second-order valence-corrected chi connectivity index (χ2v) is 7.07. The van der Waals surface area contributed by atoms with Crippen molar-refractivity contribution in [2.24, 2.45) is 0 Å². The Labute approximate surface area is 161 Å². The first-order valence-corrected chi connectivity index (χ1v) is 9.25. The molecular formula is C21H22N4O3. The maximum absolute atomic E-state index is 12.7. The molecule has 0 bridgehead atoms. The lowest BCUT2D eigenvalue weighted by atomic mass is 10.1. The summed E-state index contributed by atoms with van der Waals surface area (Å²) >= 11 is 0. The second kappa shape index (κ2) is 6.60. The molecule has 0 amide bonds. The molecule has 3 N–H and O–H groups in total. The molecule has 4 aromatic rings. The van der Waals surface area contributed by atoms with Crippen molar-refractivity contribution in [1.29, 1.82) is 0 Å². The molecule has 0 saturated carbocycles. The summed E-state index contributed by atoms with van der Waals surface area (Å²) in [6.45, 7) is 6.06. The molecule has 2 heterocycles. The number of rotatable bonds is 4. The van der Waals surface area contributed by atoms with E-state index in [2.05, 4.69) is 28.6 Å². The van der Waals surface area contributed by atoms with Crippen LogP contribution in [0.15, 0.2) is 47.4 Å². The molecule has 0 atom stereocenters. The maximum atomic E-state index is 12.7. The molecule has 0 aliphatic carbocycles. The Morgan fingerprint density at radius 1 is 1.14 bits per heavy atom. The van der Waals surface area contributed by atoms with Gasteiger partial charge in [-0.15, -0.1) is 0 Å². The highest BCUT2D eigenvalue weighted by Gasteiger charge is 2.21. The molecule has 28 heavy (non-hydrogen) atoms. The number of aromatic nitrogens is 4. The molecule has 0 unspecified atom stereocenters. The Balaban J connectivity index is 2.02. The summed E-state index contributed by atoms with van der Waals surface area (Å²) in [5.74, 6) is 0.177. The molecule has 2 aromatic carbocycles. The SMILES string of the molecule is CCc1cc(-c2n[nH]c(=O)n2-c2cn(C(C)C)c3ccccc23)c(O)cc1O. The van der Waals surface area contributed by atoms with Crippen molar-refractivity contribution in [1.82, 2.24) is 19.3 Å². The van der Waals surface area contributed by atoms with E-state index in [-0.39, 0.29) is 17.5 Å². The first-order chi connectivity index (χ1) is 13.4. The van der Waals surface area contributed by atoms with Gasteiger partial charge in [0.05, 0.1) is 16.8 Å². The van der Waals surface area contributed by atoms with Gasteiger partial charge in [-0.1, -0.05) is 25.1 Å². The number of hydrogen-bond acceptors (Lipinski definition) is 4. The van der Waals surface area contributed by atoms with Crippen LogP contribution in [-0.2, 0) is 6.42 Å². The highest BCUT2D eigenvalue weighted by atomic mass is 16.3. The standard InChI is InChI=1S/C21H22N4O3/c1-4-13-9-15(19(27)10-18(13)26)20-22-23-21(28)25(20)17-11-24(12(2)3)16-8-6-5-7-14(16)17/h5-12,26-27H,4H2,1-3H3,(H,23,28). The van der Waals surface area contributed by atoms with Crippen molar-refractivity contribution in [2.75, 3.05) is 0 Å². The molecule has 144 valence electrons. The number of benzene rings is 2. The minimum Gasteiger partial charge on any atom is -0.508 e. The van der Waals surface area contributed by atoms with Gasteiger partial charge >= 0.3 is 5.69 Å². The molecule has 0 spiro atoms. The number of aromatic amines is 1. The third kappa shape index (κ3) is 2.67. The highest BCUT2D eigenvalue weighted by Crippen LogP contribution is 2.36. The number of phenolic OH excluding ortho intramolecular Hbond substituents is 2. The summed E-state index contributed by atoms with van der Waals surface area (Å²) in [6, 6.07) is 11.0. The fraction of sp³-hybridized carbons (Fsp3) is 0.238. The molecule has 0 aliphatic heterocycles. The average molecular weight is 378 g/mol. The van der Waals surface area contributed by atoms with Gasteiger partial charge in [-0.3, -0.25) is 0 Å². The van der Waals surface area contributed by atoms with Crippen LogP contribution in [0.4, 0.5) is 0 Å². The highest BCUT2D eigenvalue weighted by molar-refractivity contribution is 5.90. The van der Waals surface area contributed by atoms with Crippen molar-refractivity contribution in [2.45, 2.75) is 33.2 Å². The van der Waals surface area contributed by atoms with Crippen LogP contribution in [-0.4, -0.2) is 29.5 Å².